The third-order valence-electron chi connectivity index (χ3n) is 4.09. The summed E-state index contributed by atoms with van der Waals surface area (Å²) in [6.45, 7) is 3.65. The topological polar surface area (TPSA) is 148 Å². The van der Waals surface area contributed by atoms with Gasteiger partial charge in [-0.3, -0.25) is 13.9 Å². The van der Waals surface area contributed by atoms with Gasteiger partial charge in [-0.1, -0.05) is 13.8 Å². The number of carbonyl (C=O) groups is 2. The van der Waals surface area contributed by atoms with Gasteiger partial charge in [-0.25, -0.2) is 4.79 Å². The van der Waals surface area contributed by atoms with E-state index in [1.165, 1.54) is 19.2 Å². The van der Waals surface area contributed by atoms with Crippen molar-refractivity contribution >= 4 is 19.5 Å². The van der Waals surface area contributed by atoms with Crippen LogP contribution >= 0.6 is 7.60 Å². The van der Waals surface area contributed by atoms with Gasteiger partial charge in [0.25, 0.3) is 5.91 Å². The smallest absolute Gasteiger partial charge is 0.351 e. The number of hydrogen-bond acceptors (Lipinski definition) is 6. The van der Waals surface area contributed by atoms with Crippen molar-refractivity contribution < 1.29 is 34.8 Å². The average Bonchev–Trinajstić information content (AvgIpc) is 2.64. The Hall–Kier alpha value is -1.93. The lowest BCUT2D eigenvalue weighted by Gasteiger charge is -2.28. The maximum Gasteiger partial charge on any atom is 0.351 e. The highest BCUT2D eigenvalue weighted by Crippen LogP contribution is 2.50. The number of aliphatic carboxylic acids is 1. The van der Waals surface area contributed by atoms with Gasteiger partial charge in [-0.05, 0) is 56.0 Å². The predicted molar refractivity (Wildman–Crippen MR) is 106 cm³/mol. The van der Waals surface area contributed by atoms with E-state index in [0.717, 1.165) is 0 Å². The van der Waals surface area contributed by atoms with Crippen LogP contribution in [0.25, 0.3) is 0 Å². The van der Waals surface area contributed by atoms with Crippen molar-refractivity contribution in [2.24, 2.45) is 11.7 Å². The molecular formula is C18H31N2O7P. The van der Waals surface area contributed by atoms with Gasteiger partial charge in [0.15, 0.2) is 6.10 Å². The lowest BCUT2D eigenvalue weighted by atomic mass is 10.1. The van der Waals surface area contributed by atoms with Crippen LogP contribution in [-0.4, -0.2) is 47.4 Å². The summed E-state index contributed by atoms with van der Waals surface area (Å²) in [6.07, 6.45) is -0.390. The standard InChI is InChI=1S/C18H29N2O7P.H2/c1-12(2)17(20-16(21)13-7-9-14(26-3)10-8-13)28(24,25)27-15(18(22)23)6-4-5-11-19;/h7-10,12,15,17H,4-6,11,19H2,1-3H3,(H,20,21)(H,22,23)(H,24,25);1H. The van der Waals surface area contributed by atoms with Gasteiger partial charge in [-0.2, -0.15) is 0 Å². The number of rotatable bonds is 12. The molecule has 0 radical (unpaired) electrons. The quantitative estimate of drug-likeness (QED) is 0.299. The molecule has 9 nitrogen and oxygen atoms in total. The summed E-state index contributed by atoms with van der Waals surface area (Å²) in [5.41, 5.74) is 5.65. The number of nitrogens with two attached hydrogens (primary N) is 1. The van der Waals surface area contributed by atoms with Crippen molar-refractivity contribution in [2.75, 3.05) is 13.7 Å². The second-order valence-electron chi connectivity index (χ2n) is 6.67. The molecule has 0 aliphatic carbocycles. The van der Waals surface area contributed by atoms with Crippen LogP contribution in [-0.2, 0) is 13.9 Å². The summed E-state index contributed by atoms with van der Waals surface area (Å²) in [6, 6.07) is 6.21. The van der Waals surface area contributed by atoms with Crippen molar-refractivity contribution in [3.63, 3.8) is 0 Å². The molecule has 1 aromatic carbocycles. The zero-order valence-electron chi connectivity index (χ0n) is 16.3. The summed E-state index contributed by atoms with van der Waals surface area (Å²) in [7, 11) is -2.98. The van der Waals surface area contributed by atoms with Crippen molar-refractivity contribution in [1.29, 1.82) is 0 Å². The Morgan fingerprint density at radius 2 is 1.86 bits per heavy atom. The highest BCUT2D eigenvalue weighted by Gasteiger charge is 2.40. The van der Waals surface area contributed by atoms with Gasteiger partial charge in [0.05, 0.1) is 7.11 Å². The molecule has 0 heterocycles. The third-order valence-corrected chi connectivity index (χ3v) is 6.07. The molecule has 1 amide bonds. The van der Waals surface area contributed by atoms with Crippen LogP contribution in [0.1, 0.15) is 44.9 Å². The molecule has 3 unspecified atom stereocenters. The Morgan fingerprint density at radius 1 is 1.25 bits per heavy atom. The molecule has 0 spiro atoms. The SMILES string of the molecule is COc1ccc(C(=O)NC(C(C)C)P(=O)(O)OC(CCCCN)C(=O)O)cc1.[HH]. The molecule has 1 rings (SSSR count). The molecule has 0 fully saturated rings. The maximum atomic E-state index is 12.8. The average molecular weight is 418 g/mol. The second kappa shape index (κ2) is 11.2. The Morgan fingerprint density at radius 3 is 2.32 bits per heavy atom. The number of benzene rings is 1. The Balaban J connectivity index is 0.00000784. The van der Waals surface area contributed by atoms with Gasteiger partial charge in [-0.15, -0.1) is 0 Å². The number of ether oxygens (including phenoxy) is 1. The van der Waals surface area contributed by atoms with E-state index in [-0.39, 0.29) is 13.4 Å². The Kier molecular flexibility index (Phi) is 9.61. The van der Waals surface area contributed by atoms with Crippen LogP contribution in [0.2, 0.25) is 0 Å². The molecule has 0 saturated carbocycles. The van der Waals surface area contributed by atoms with E-state index in [1.54, 1.807) is 26.0 Å². The van der Waals surface area contributed by atoms with E-state index >= 15 is 0 Å². The molecule has 3 atom stereocenters. The number of carboxylic acids is 1. The first-order valence-electron chi connectivity index (χ1n) is 9.01. The summed E-state index contributed by atoms with van der Waals surface area (Å²) in [4.78, 5) is 34.3. The summed E-state index contributed by atoms with van der Waals surface area (Å²) >= 11 is 0. The van der Waals surface area contributed by atoms with E-state index in [9.17, 15) is 24.2 Å². The molecule has 0 aromatic heterocycles. The lowest BCUT2D eigenvalue weighted by molar-refractivity contribution is -0.145. The van der Waals surface area contributed by atoms with Crippen molar-refractivity contribution in [2.45, 2.75) is 45.0 Å². The zero-order valence-corrected chi connectivity index (χ0v) is 17.2. The summed E-state index contributed by atoms with van der Waals surface area (Å²) in [5, 5.41) is 11.8. The summed E-state index contributed by atoms with van der Waals surface area (Å²) in [5.74, 6) is -3.09. The largest absolute Gasteiger partial charge is 0.497 e. The lowest BCUT2D eigenvalue weighted by Crippen LogP contribution is -2.40. The Labute approximate surface area is 166 Å². The van der Waals surface area contributed by atoms with E-state index in [4.69, 9.17) is 15.0 Å². The molecule has 10 heteroatoms. The molecule has 0 saturated heterocycles. The number of nitrogens with one attached hydrogen (secondary N) is 1. The molecule has 5 N–H and O–H groups in total. The number of methoxy groups -OCH3 is 1. The van der Waals surface area contributed by atoms with E-state index in [2.05, 4.69) is 5.32 Å². The number of hydrogen-bond donors (Lipinski definition) is 4. The number of amides is 1. The zero-order chi connectivity index (χ0) is 21.3. The molecule has 0 aliphatic rings. The van der Waals surface area contributed by atoms with Crippen LogP contribution < -0.4 is 15.8 Å². The molecule has 1 aromatic rings. The molecule has 0 bridgehead atoms. The Bertz CT molecular complexity index is 700. The number of unbranched alkanes of at least 4 members (excludes halogenated alkanes) is 1. The van der Waals surface area contributed by atoms with Crippen LogP contribution in [0.4, 0.5) is 0 Å². The van der Waals surface area contributed by atoms with E-state index in [0.29, 0.717) is 25.1 Å². The minimum absolute atomic E-state index is 0. The highest BCUT2D eigenvalue weighted by molar-refractivity contribution is 7.53. The van der Waals surface area contributed by atoms with E-state index < -0.39 is 37.3 Å². The van der Waals surface area contributed by atoms with Crippen molar-refractivity contribution in [3.8, 4) is 5.75 Å². The van der Waals surface area contributed by atoms with Crippen LogP contribution in [0.15, 0.2) is 24.3 Å². The van der Waals surface area contributed by atoms with Gasteiger partial charge in [0.1, 0.15) is 11.5 Å². The normalized spacial score (nSPS) is 15.5. The minimum Gasteiger partial charge on any atom is -0.497 e. The van der Waals surface area contributed by atoms with Crippen LogP contribution in [0.5, 0.6) is 5.75 Å². The van der Waals surface area contributed by atoms with Gasteiger partial charge in [0.2, 0.25) is 0 Å². The minimum atomic E-state index is -4.48. The monoisotopic (exact) mass is 418 g/mol. The number of carbonyl (C=O) groups excluding carboxylic acids is 1. The fraction of sp³-hybridized carbons (Fsp3) is 0.556. The van der Waals surface area contributed by atoms with Crippen LogP contribution in [0.3, 0.4) is 0 Å². The first kappa shape index (κ1) is 24.1. The van der Waals surface area contributed by atoms with Gasteiger partial charge >= 0.3 is 13.6 Å². The maximum absolute atomic E-state index is 12.8. The predicted octanol–water partition coefficient (Wildman–Crippen LogP) is 2.44. The molecule has 160 valence electrons. The second-order valence-corrected chi connectivity index (χ2v) is 8.57. The van der Waals surface area contributed by atoms with Gasteiger partial charge in [0, 0.05) is 6.99 Å². The van der Waals surface area contributed by atoms with Gasteiger partial charge < -0.3 is 25.8 Å². The highest BCUT2D eigenvalue weighted by atomic mass is 31.2. The molecule has 28 heavy (non-hydrogen) atoms. The van der Waals surface area contributed by atoms with Crippen molar-refractivity contribution in [1.82, 2.24) is 5.32 Å². The van der Waals surface area contributed by atoms with Crippen molar-refractivity contribution in [3.05, 3.63) is 29.8 Å². The number of carboxylic acid groups (broad SMARTS) is 1. The molecule has 0 aliphatic heterocycles. The first-order valence-corrected chi connectivity index (χ1v) is 10.7. The molecular weight excluding hydrogens is 387 g/mol. The summed E-state index contributed by atoms with van der Waals surface area (Å²) < 4.78 is 22.9. The van der Waals surface area contributed by atoms with E-state index in [1.807, 2.05) is 0 Å². The van der Waals surface area contributed by atoms with Crippen LogP contribution in [0, 0.1) is 5.92 Å². The fourth-order valence-electron chi connectivity index (χ4n) is 2.53. The third kappa shape index (κ3) is 7.24. The fourth-order valence-corrected chi connectivity index (χ4v) is 4.25. The first-order chi connectivity index (χ1) is 13.1.